The van der Waals surface area contributed by atoms with Gasteiger partial charge in [-0.3, -0.25) is 4.79 Å². The van der Waals surface area contributed by atoms with Crippen molar-refractivity contribution >= 4 is 23.2 Å². The maximum Gasteiger partial charge on any atom is 0.237 e. The molecule has 0 saturated heterocycles. The molecule has 0 fully saturated rings. The minimum Gasteiger partial charge on any atom is -0.496 e. The molecule has 1 amide bonds. The topological polar surface area (TPSA) is 29.5 Å². The zero-order valence-electron chi connectivity index (χ0n) is 11.3. The van der Waals surface area contributed by atoms with Crippen molar-refractivity contribution in [2.24, 2.45) is 0 Å². The van der Waals surface area contributed by atoms with Crippen LogP contribution in [0.25, 0.3) is 5.57 Å². The second kappa shape index (κ2) is 6.66. The Morgan fingerprint density at radius 2 is 2.21 bits per heavy atom. The second-order valence-corrected chi connectivity index (χ2v) is 5.02. The number of carbonyl (C=O) groups excluding carboxylic acids is 1. The molecule has 1 aromatic carbocycles. The Kier molecular flexibility index (Phi) is 4.91. The minimum absolute atomic E-state index is 0.0998. The van der Waals surface area contributed by atoms with Crippen molar-refractivity contribution in [3.63, 3.8) is 0 Å². The van der Waals surface area contributed by atoms with Gasteiger partial charge in [0.25, 0.3) is 0 Å². The maximum atomic E-state index is 11.8. The Balaban J connectivity index is 2.10. The Bertz CT molecular complexity index is 485. The number of nitrogens with zero attached hydrogens (tertiary/aromatic N) is 1. The number of thioether (sulfide) groups is 1. The normalized spacial score (nSPS) is 15.1. The van der Waals surface area contributed by atoms with E-state index in [0.29, 0.717) is 6.54 Å². The maximum absolute atomic E-state index is 11.8. The van der Waals surface area contributed by atoms with Gasteiger partial charge in [0, 0.05) is 18.7 Å². The molecule has 0 aliphatic carbocycles. The predicted molar refractivity (Wildman–Crippen MR) is 80.0 cm³/mol. The molecule has 1 aliphatic rings. The second-order valence-electron chi connectivity index (χ2n) is 4.32. The van der Waals surface area contributed by atoms with E-state index in [-0.39, 0.29) is 5.91 Å². The molecule has 0 atom stereocenters. The Morgan fingerprint density at radius 1 is 1.42 bits per heavy atom. The zero-order valence-corrected chi connectivity index (χ0v) is 12.1. The molecule has 4 heteroatoms. The highest BCUT2D eigenvalue weighted by Gasteiger charge is 2.18. The van der Waals surface area contributed by atoms with Crippen LogP contribution in [0.1, 0.15) is 12.0 Å². The Hall–Kier alpha value is -1.42. The summed E-state index contributed by atoms with van der Waals surface area (Å²) in [4.78, 5) is 13.6. The number of amides is 1. The predicted octanol–water partition coefficient (Wildman–Crippen LogP) is 2.84. The fourth-order valence-corrected chi connectivity index (χ4v) is 2.55. The number of ether oxygens (including phenoxy) is 1. The van der Waals surface area contributed by atoms with E-state index in [9.17, 15) is 4.79 Å². The molecule has 101 valence electrons. The Labute approximate surface area is 118 Å². The van der Waals surface area contributed by atoms with Crippen LogP contribution in [0.4, 0.5) is 0 Å². The van der Waals surface area contributed by atoms with Crippen molar-refractivity contribution in [3.8, 4) is 5.75 Å². The van der Waals surface area contributed by atoms with Crippen LogP contribution in [0.2, 0.25) is 0 Å². The lowest BCUT2D eigenvalue weighted by atomic mass is 9.98. The first-order valence-corrected chi connectivity index (χ1v) is 7.52. The van der Waals surface area contributed by atoms with Gasteiger partial charge in [-0.15, -0.1) is 0 Å². The van der Waals surface area contributed by atoms with Crippen molar-refractivity contribution in [3.05, 3.63) is 41.7 Å². The van der Waals surface area contributed by atoms with Crippen molar-refractivity contribution in [1.29, 1.82) is 0 Å². The largest absolute Gasteiger partial charge is 0.496 e. The van der Waals surface area contributed by atoms with Crippen LogP contribution in [-0.4, -0.2) is 37.3 Å². The monoisotopic (exact) mass is 276 g/mol. The summed E-state index contributed by atoms with van der Waals surface area (Å²) in [5, 5.41) is 0. The zero-order chi connectivity index (χ0) is 13.7. The van der Waals surface area contributed by atoms with Gasteiger partial charge in [0.2, 0.25) is 5.91 Å². The fourth-order valence-electron chi connectivity index (χ4n) is 2.20. The highest BCUT2D eigenvalue weighted by molar-refractivity contribution is 8.01. The smallest absolute Gasteiger partial charge is 0.237 e. The minimum atomic E-state index is 0.0998. The lowest BCUT2D eigenvalue weighted by Crippen LogP contribution is -2.34. The van der Waals surface area contributed by atoms with Crippen LogP contribution in [0, 0.1) is 5.75 Å². The lowest BCUT2D eigenvalue weighted by molar-refractivity contribution is -0.126. The molecule has 1 aromatic rings. The molecule has 1 radical (unpaired) electrons. The third-order valence-corrected chi connectivity index (χ3v) is 3.63. The van der Waals surface area contributed by atoms with Crippen LogP contribution >= 0.6 is 11.8 Å². The molecule has 2 rings (SSSR count). The molecule has 0 saturated carbocycles. The quantitative estimate of drug-likeness (QED) is 0.847. The molecular weight excluding hydrogens is 258 g/mol. The van der Waals surface area contributed by atoms with Crippen LogP contribution in [0.15, 0.2) is 30.3 Å². The average Bonchev–Trinajstić information content (AvgIpc) is 2.47. The van der Waals surface area contributed by atoms with E-state index in [2.05, 4.69) is 12.1 Å². The van der Waals surface area contributed by atoms with E-state index < -0.39 is 0 Å². The first-order valence-electron chi connectivity index (χ1n) is 6.23. The number of rotatable bonds is 4. The van der Waals surface area contributed by atoms with E-state index in [0.717, 1.165) is 24.3 Å². The fraction of sp³-hybridized carbons (Fsp3) is 0.333. The molecule has 0 unspecified atom stereocenters. The van der Waals surface area contributed by atoms with Crippen molar-refractivity contribution in [1.82, 2.24) is 4.90 Å². The van der Waals surface area contributed by atoms with Crippen LogP contribution < -0.4 is 4.74 Å². The van der Waals surface area contributed by atoms with Gasteiger partial charge in [0.15, 0.2) is 0 Å². The first kappa shape index (κ1) is 14.0. The summed E-state index contributed by atoms with van der Waals surface area (Å²) in [5.74, 6) is 2.65. The van der Waals surface area contributed by atoms with Crippen molar-refractivity contribution in [2.75, 3.05) is 26.5 Å². The molecule has 0 N–H and O–H groups in total. The molecule has 0 bridgehead atoms. The summed E-state index contributed by atoms with van der Waals surface area (Å²) < 4.78 is 5.38. The number of benzene rings is 1. The van der Waals surface area contributed by atoms with Gasteiger partial charge < -0.3 is 9.64 Å². The standard InChI is InChI=1S/C15H18NO2S/c1-18-14-6-4-3-5-13(14)12-7-9-16(10-8-12)15(17)11-19-2/h3-7,11H,8-10H2,1-2H3. The van der Waals surface area contributed by atoms with Crippen LogP contribution in [0.5, 0.6) is 5.75 Å². The molecule has 1 heterocycles. The summed E-state index contributed by atoms with van der Waals surface area (Å²) in [6.07, 6.45) is 4.89. The van der Waals surface area contributed by atoms with E-state index in [1.165, 1.54) is 17.3 Å². The summed E-state index contributed by atoms with van der Waals surface area (Å²) >= 11 is 1.45. The number of carbonyl (C=O) groups is 1. The Morgan fingerprint density at radius 3 is 2.84 bits per heavy atom. The van der Waals surface area contributed by atoms with Gasteiger partial charge in [0.05, 0.1) is 7.11 Å². The van der Waals surface area contributed by atoms with Crippen molar-refractivity contribution in [2.45, 2.75) is 6.42 Å². The summed E-state index contributed by atoms with van der Waals surface area (Å²) in [6, 6.07) is 8.01. The van der Waals surface area contributed by atoms with Crippen LogP contribution in [0.3, 0.4) is 0 Å². The van der Waals surface area contributed by atoms with Gasteiger partial charge in [-0.1, -0.05) is 24.3 Å². The molecule has 0 aromatic heterocycles. The van der Waals surface area contributed by atoms with E-state index >= 15 is 0 Å². The van der Waals surface area contributed by atoms with Gasteiger partial charge in [-0.25, -0.2) is 0 Å². The number of hydrogen-bond acceptors (Lipinski definition) is 3. The average molecular weight is 276 g/mol. The summed E-state index contributed by atoms with van der Waals surface area (Å²) in [5.41, 5.74) is 2.39. The summed E-state index contributed by atoms with van der Waals surface area (Å²) in [6.45, 7) is 1.43. The van der Waals surface area contributed by atoms with Crippen molar-refractivity contribution < 1.29 is 9.53 Å². The van der Waals surface area contributed by atoms with E-state index in [1.807, 2.05) is 29.4 Å². The van der Waals surface area contributed by atoms with Gasteiger partial charge in [-0.05, 0) is 24.3 Å². The number of methoxy groups -OCH3 is 1. The van der Waals surface area contributed by atoms with E-state index in [1.54, 1.807) is 12.9 Å². The molecular formula is C15H18NO2S. The third-order valence-electron chi connectivity index (χ3n) is 3.19. The summed E-state index contributed by atoms with van der Waals surface area (Å²) in [7, 11) is 1.69. The molecule has 0 spiro atoms. The third kappa shape index (κ3) is 3.32. The molecule has 3 nitrogen and oxygen atoms in total. The molecule has 1 aliphatic heterocycles. The first-order chi connectivity index (χ1) is 9.26. The molecule has 19 heavy (non-hydrogen) atoms. The number of hydrogen-bond donors (Lipinski definition) is 0. The van der Waals surface area contributed by atoms with Gasteiger partial charge >= 0.3 is 0 Å². The van der Waals surface area contributed by atoms with E-state index in [4.69, 9.17) is 4.74 Å². The van der Waals surface area contributed by atoms with Gasteiger partial charge in [0.1, 0.15) is 11.5 Å². The highest BCUT2D eigenvalue weighted by atomic mass is 32.2. The van der Waals surface area contributed by atoms with Crippen LogP contribution in [-0.2, 0) is 4.79 Å². The van der Waals surface area contributed by atoms with Gasteiger partial charge in [-0.2, -0.15) is 11.8 Å². The lowest BCUT2D eigenvalue weighted by Gasteiger charge is -2.26. The highest BCUT2D eigenvalue weighted by Crippen LogP contribution is 2.30. The number of para-hydroxylation sites is 1. The SMILES string of the molecule is COc1ccccc1C1=CCN(C(=O)[CH]SC)CC1.